The molecule has 3 aromatic carbocycles. The van der Waals surface area contributed by atoms with Crippen LogP contribution < -0.4 is 36.0 Å². The number of hydrogen-bond acceptors (Lipinski definition) is 19. The summed E-state index contributed by atoms with van der Waals surface area (Å²) in [5.41, 5.74) is 7.95. The largest absolute Gasteiger partial charge is 0.381 e. The van der Waals surface area contributed by atoms with E-state index in [1.807, 2.05) is 120 Å². The molecule has 10 rings (SSSR count). The highest BCUT2D eigenvalue weighted by Crippen LogP contribution is 2.43. The van der Waals surface area contributed by atoms with Crippen LogP contribution in [0, 0.1) is 12.8 Å². The summed E-state index contributed by atoms with van der Waals surface area (Å²) in [4.78, 5) is 93.1. The van der Waals surface area contributed by atoms with Crippen LogP contribution in [0.4, 0.5) is 46.3 Å². The highest BCUT2D eigenvalue weighted by Gasteiger charge is 2.44. The zero-order valence-electron chi connectivity index (χ0n) is 48.0. The first kappa shape index (κ1) is 56.2. The van der Waals surface area contributed by atoms with E-state index in [1.165, 1.54) is 25.5 Å². The van der Waals surface area contributed by atoms with Gasteiger partial charge in [-0.15, -0.1) is 0 Å². The van der Waals surface area contributed by atoms with Crippen LogP contribution in [0.2, 0.25) is 0 Å². The van der Waals surface area contributed by atoms with Gasteiger partial charge in [-0.25, -0.2) is 39.9 Å². The molecule has 0 spiro atoms. The second-order valence-corrected chi connectivity index (χ2v) is 22.6. The van der Waals surface area contributed by atoms with Gasteiger partial charge in [-0.2, -0.15) is 0 Å². The third-order valence-electron chi connectivity index (χ3n) is 15.5. The summed E-state index contributed by atoms with van der Waals surface area (Å²) in [5.74, 6) is 1.64. The number of likely N-dealkylation sites (tertiary alicyclic amines) is 1. The molecule has 424 valence electrons. The minimum absolute atomic E-state index is 0.0522. The van der Waals surface area contributed by atoms with E-state index in [2.05, 4.69) is 45.9 Å². The lowest BCUT2D eigenvalue weighted by Crippen LogP contribution is -2.40. The third-order valence-corrected chi connectivity index (χ3v) is 15.5. The van der Waals surface area contributed by atoms with Crippen LogP contribution in [0.15, 0.2) is 73.4 Å². The molecular weight excluding hydrogens is 1020 g/mol. The van der Waals surface area contributed by atoms with Crippen molar-refractivity contribution in [1.82, 2.24) is 59.9 Å². The minimum atomic E-state index is -0.772. The number of benzene rings is 3. The Morgan fingerprint density at radius 2 is 1.40 bits per heavy atom. The van der Waals surface area contributed by atoms with Crippen molar-refractivity contribution in [2.45, 2.75) is 51.9 Å². The number of nitrogens with zero attached hydrogens (tertiary/aromatic N) is 14. The standard InChI is InChI=1S/C59H74N18O4/c1-37-12-13-40(54(78)60-32-38-18-27-81-34-38)29-44(37)67-53-51-49(63-36-65-53)46(69-58(71-51)75(9)24-22-73(6)7)28-39-14-15-41(30-45(39)68-52-50-47(62-35-64-52)33-61-57(70-50)74(8)23-21-72(4)5)55(79)66-42-16-17-48-43(31-42)59(2,3)56(80)77(48)26-25-76-19-10-11-20-76/h12-17,29-31,33,35-36,38H,10-11,18-28,32,34H2,1-9H3,(H,60,78)(H,66,79)(H,62,64,68)(H,63,65,67). The summed E-state index contributed by atoms with van der Waals surface area (Å²) in [6, 6.07) is 16.8. The molecule has 7 heterocycles. The smallest absolute Gasteiger partial charge is 0.255 e. The zero-order valence-corrected chi connectivity index (χ0v) is 48.0. The Morgan fingerprint density at radius 1 is 0.716 bits per heavy atom. The maximum Gasteiger partial charge on any atom is 0.255 e. The molecule has 0 aliphatic carbocycles. The topological polar surface area (TPSA) is 231 Å². The number of hydrogen-bond donors (Lipinski definition) is 4. The van der Waals surface area contributed by atoms with E-state index in [1.54, 1.807) is 18.3 Å². The molecule has 22 heteroatoms. The average molecular weight is 1100 g/mol. The maximum atomic E-state index is 14.6. The van der Waals surface area contributed by atoms with E-state index in [9.17, 15) is 14.4 Å². The molecule has 3 amide bonds. The lowest BCUT2D eigenvalue weighted by Gasteiger charge is -2.23. The Bertz CT molecular complexity index is 3450. The number of aryl methyl sites for hydroxylation is 1. The molecule has 1 unspecified atom stereocenters. The van der Waals surface area contributed by atoms with Crippen molar-refractivity contribution in [3.8, 4) is 0 Å². The predicted molar refractivity (Wildman–Crippen MR) is 318 cm³/mol. The minimum Gasteiger partial charge on any atom is -0.381 e. The quantitative estimate of drug-likeness (QED) is 0.0586. The Balaban J connectivity index is 1.01. The van der Waals surface area contributed by atoms with Gasteiger partial charge < -0.3 is 55.4 Å². The Morgan fingerprint density at radius 3 is 2.14 bits per heavy atom. The van der Waals surface area contributed by atoms with Crippen LogP contribution in [0.5, 0.6) is 0 Å². The van der Waals surface area contributed by atoms with Gasteiger partial charge in [0.25, 0.3) is 11.8 Å². The molecule has 1 atom stereocenters. The molecule has 3 aliphatic rings. The van der Waals surface area contributed by atoms with Crippen molar-refractivity contribution in [2.24, 2.45) is 5.92 Å². The average Bonchev–Trinajstić information content (AvgIpc) is 4.42. The van der Waals surface area contributed by atoms with Gasteiger partial charge in [-0.05, 0) is 140 Å². The first-order chi connectivity index (χ1) is 39.0. The summed E-state index contributed by atoms with van der Waals surface area (Å²) in [6.07, 6.45) is 8.15. The molecule has 0 radical (unpaired) electrons. The first-order valence-corrected chi connectivity index (χ1v) is 27.8. The van der Waals surface area contributed by atoms with Crippen LogP contribution in [-0.2, 0) is 21.4 Å². The van der Waals surface area contributed by atoms with Crippen LogP contribution in [0.3, 0.4) is 0 Å². The SMILES string of the molecule is Cc1ccc(C(=O)NCC2CCOC2)cc1Nc1ncnc2c(Cc3ccc(C(=O)Nc4ccc5c(c4)C(C)(C)C(=O)N5CCN4CCCC4)cc3Nc3ncnc4cnc(N(C)CCN(C)C)nc34)nc(N(C)CCN(C)C)nc12. The van der Waals surface area contributed by atoms with Gasteiger partial charge >= 0.3 is 0 Å². The van der Waals surface area contributed by atoms with Gasteiger partial charge in [-0.3, -0.25) is 14.4 Å². The fraction of sp³-hybridized carbons (Fsp3) is 0.441. The molecule has 4 aromatic heterocycles. The van der Waals surface area contributed by atoms with E-state index in [-0.39, 0.29) is 30.1 Å². The summed E-state index contributed by atoms with van der Waals surface area (Å²) in [5, 5.41) is 13.3. The lowest BCUT2D eigenvalue weighted by atomic mass is 9.86. The van der Waals surface area contributed by atoms with Crippen molar-refractivity contribution < 1.29 is 19.1 Å². The third kappa shape index (κ3) is 12.8. The molecule has 3 aliphatic heterocycles. The summed E-state index contributed by atoms with van der Waals surface area (Å²) >= 11 is 0. The summed E-state index contributed by atoms with van der Waals surface area (Å²) in [7, 11) is 12.0. The van der Waals surface area contributed by atoms with E-state index in [0.717, 1.165) is 61.5 Å². The number of ether oxygens (including phenoxy) is 1. The number of nitrogens with one attached hydrogen (secondary N) is 4. The van der Waals surface area contributed by atoms with Crippen LogP contribution in [0.1, 0.15) is 76.2 Å². The number of likely N-dealkylation sites (N-methyl/N-ethyl adjacent to an activating group) is 4. The molecule has 81 heavy (non-hydrogen) atoms. The van der Waals surface area contributed by atoms with E-state index in [0.29, 0.717) is 119 Å². The van der Waals surface area contributed by atoms with E-state index >= 15 is 0 Å². The fourth-order valence-electron chi connectivity index (χ4n) is 10.4. The lowest BCUT2D eigenvalue weighted by molar-refractivity contribution is -0.122. The number of fused-ring (bicyclic) bond motifs is 3. The predicted octanol–water partition coefficient (Wildman–Crippen LogP) is 6.27. The van der Waals surface area contributed by atoms with Crippen LogP contribution in [-0.4, -0.2) is 187 Å². The Kier molecular flexibility index (Phi) is 16.9. The number of aromatic nitrogens is 8. The van der Waals surface area contributed by atoms with Gasteiger partial charge in [-0.1, -0.05) is 12.1 Å². The molecule has 7 aromatic rings. The zero-order chi connectivity index (χ0) is 57.0. The molecule has 2 saturated heterocycles. The van der Waals surface area contributed by atoms with Crippen molar-refractivity contribution >= 4 is 86.1 Å². The number of anilines is 8. The van der Waals surface area contributed by atoms with Gasteiger partial charge in [0, 0.05) is 113 Å². The van der Waals surface area contributed by atoms with Crippen molar-refractivity contribution in [1.29, 1.82) is 0 Å². The van der Waals surface area contributed by atoms with Gasteiger partial charge in [0.2, 0.25) is 17.8 Å². The van der Waals surface area contributed by atoms with Gasteiger partial charge in [0.05, 0.1) is 23.9 Å². The van der Waals surface area contributed by atoms with E-state index < -0.39 is 5.41 Å². The van der Waals surface area contributed by atoms with Crippen molar-refractivity contribution in [3.05, 3.63) is 107 Å². The summed E-state index contributed by atoms with van der Waals surface area (Å²) in [6.45, 7) is 14.1. The van der Waals surface area contributed by atoms with Gasteiger partial charge in [0.1, 0.15) is 34.7 Å². The highest BCUT2D eigenvalue weighted by atomic mass is 16.5. The van der Waals surface area contributed by atoms with Gasteiger partial charge in [0.15, 0.2) is 11.6 Å². The second kappa shape index (κ2) is 24.4. The Labute approximate surface area is 473 Å². The van der Waals surface area contributed by atoms with Crippen molar-refractivity contribution in [3.63, 3.8) is 0 Å². The molecule has 22 nitrogen and oxygen atoms in total. The molecule has 0 bridgehead atoms. The monoisotopic (exact) mass is 1100 g/mol. The first-order valence-electron chi connectivity index (χ1n) is 27.8. The summed E-state index contributed by atoms with van der Waals surface area (Å²) < 4.78 is 5.52. The molecule has 0 saturated carbocycles. The van der Waals surface area contributed by atoms with Crippen molar-refractivity contribution in [2.75, 3.05) is 145 Å². The number of carbonyl (C=O) groups excluding carboxylic acids is 3. The molecule has 4 N–H and O–H groups in total. The Hall–Kier alpha value is -8.05. The number of carbonyl (C=O) groups is 3. The number of rotatable bonds is 22. The maximum absolute atomic E-state index is 14.6. The van der Waals surface area contributed by atoms with Crippen LogP contribution >= 0.6 is 0 Å². The highest BCUT2D eigenvalue weighted by molar-refractivity contribution is 6.09. The second-order valence-electron chi connectivity index (χ2n) is 22.6. The fourth-order valence-corrected chi connectivity index (χ4v) is 10.4. The van der Waals surface area contributed by atoms with E-state index in [4.69, 9.17) is 34.6 Å². The number of amides is 3. The van der Waals surface area contributed by atoms with Crippen LogP contribution in [0.25, 0.3) is 22.1 Å². The molecular formula is C59H74N18O4. The normalized spacial score (nSPS) is 16.0. The molecule has 2 fully saturated rings.